The number of hydrogen-bond donors (Lipinski definition) is 1. The number of carbonyl (C=O) groups excluding carboxylic acids is 1. The van der Waals surface area contributed by atoms with Gasteiger partial charge in [0.05, 0.1) is 17.6 Å². The van der Waals surface area contributed by atoms with Crippen LogP contribution in [-0.4, -0.2) is 22.5 Å². The number of nitrogens with zero attached hydrogens (tertiary/aromatic N) is 2. The summed E-state index contributed by atoms with van der Waals surface area (Å²) in [6, 6.07) is 9.12. The zero-order valence-electron chi connectivity index (χ0n) is 13.3. The Bertz CT molecular complexity index is 895. The highest BCUT2D eigenvalue weighted by Crippen LogP contribution is 2.31. The van der Waals surface area contributed by atoms with Crippen LogP contribution in [-0.2, 0) is 4.74 Å². The molecule has 0 saturated carbocycles. The van der Waals surface area contributed by atoms with Gasteiger partial charge in [-0.1, -0.05) is 13.0 Å². The average molecular weight is 362 g/mol. The number of rotatable bonds is 5. The molecule has 3 aromatic rings. The molecule has 0 aliphatic carbocycles. The van der Waals surface area contributed by atoms with Gasteiger partial charge in [-0.25, -0.2) is 9.78 Å². The molecule has 0 saturated heterocycles. The van der Waals surface area contributed by atoms with Crippen molar-refractivity contribution in [1.82, 2.24) is 9.97 Å². The number of aromatic nitrogens is 2. The van der Waals surface area contributed by atoms with E-state index < -0.39 is 0 Å². The molecule has 5 nitrogen and oxygen atoms in total. The minimum absolute atomic E-state index is 0.186. The lowest BCUT2D eigenvalue weighted by atomic mass is 10.2. The van der Waals surface area contributed by atoms with Crippen molar-refractivity contribution >= 4 is 50.6 Å². The highest BCUT2D eigenvalue weighted by molar-refractivity contribution is 7.18. The molecule has 2 heterocycles. The first kappa shape index (κ1) is 16.7. The second kappa shape index (κ2) is 7.15. The van der Waals surface area contributed by atoms with E-state index >= 15 is 0 Å². The van der Waals surface area contributed by atoms with Crippen LogP contribution in [0.15, 0.2) is 30.3 Å². The maximum atomic E-state index is 12.0. The summed E-state index contributed by atoms with van der Waals surface area (Å²) in [4.78, 5) is 22.4. The van der Waals surface area contributed by atoms with Crippen molar-refractivity contribution in [2.75, 3.05) is 11.9 Å². The summed E-state index contributed by atoms with van der Waals surface area (Å²) in [6.07, 6.45) is 0.790. The second-order valence-electron chi connectivity index (χ2n) is 5.26. The van der Waals surface area contributed by atoms with E-state index in [1.807, 2.05) is 26.0 Å². The molecule has 0 atom stereocenters. The van der Waals surface area contributed by atoms with E-state index in [0.29, 0.717) is 18.0 Å². The number of esters is 1. The van der Waals surface area contributed by atoms with Gasteiger partial charge in [0, 0.05) is 10.6 Å². The summed E-state index contributed by atoms with van der Waals surface area (Å²) < 4.78 is 5.16. The summed E-state index contributed by atoms with van der Waals surface area (Å²) in [6.45, 7) is 4.37. The van der Waals surface area contributed by atoms with Crippen molar-refractivity contribution in [3.05, 3.63) is 46.1 Å². The zero-order chi connectivity index (χ0) is 17.1. The third-order valence-electron chi connectivity index (χ3n) is 3.29. The van der Waals surface area contributed by atoms with Crippen LogP contribution in [0.4, 0.5) is 11.5 Å². The van der Waals surface area contributed by atoms with Crippen LogP contribution in [0.2, 0.25) is 5.28 Å². The highest BCUT2D eigenvalue weighted by atomic mass is 35.5. The summed E-state index contributed by atoms with van der Waals surface area (Å²) in [7, 11) is 0. The number of nitrogens with one attached hydrogen (secondary N) is 1. The monoisotopic (exact) mass is 361 g/mol. The lowest BCUT2D eigenvalue weighted by Crippen LogP contribution is -2.06. The van der Waals surface area contributed by atoms with Gasteiger partial charge < -0.3 is 10.1 Å². The average Bonchev–Trinajstić information content (AvgIpc) is 2.93. The summed E-state index contributed by atoms with van der Waals surface area (Å²) >= 11 is 7.57. The third kappa shape index (κ3) is 3.66. The van der Waals surface area contributed by atoms with Gasteiger partial charge in [-0.2, -0.15) is 4.98 Å². The van der Waals surface area contributed by atoms with Gasteiger partial charge >= 0.3 is 5.97 Å². The van der Waals surface area contributed by atoms with E-state index in [2.05, 4.69) is 15.3 Å². The van der Waals surface area contributed by atoms with E-state index in [1.54, 1.807) is 29.5 Å². The number of halogens is 1. The van der Waals surface area contributed by atoms with Crippen molar-refractivity contribution in [2.45, 2.75) is 20.3 Å². The molecule has 0 unspecified atom stereocenters. The summed E-state index contributed by atoms with van der Waals surface area (Å²) in [5.74, 6) is 0.283. The van der Waals surface area contributed by atoms with Crippen molar-refractivity contribution in [1.29, 1.82) is 0 Å². The van der Waals surface area contributed by atoms with Crippen LogP contribution < -0.4 is 5.32 Å². The fourth-order valence-electron chi connectivity index (χ4n) is 2.25. The Labute approximate surface area is 148 Å². The standard InChI is InChI=1S/C17H16ClN3O2S/c1-3-7-23-16(22)11-5-4-6-12(9-11)19-14-13-8-10(2)24-15(13)21-17(18)20-14/h4-6,8-9H,3,7H2,1-2H3,(H,19,20,21). The molecule has 0 fully saturated rings. The molecule has 7 heteroatoms. The SMILES string of the molecule is CCCOC(=O)c1cccc(Nc2nc(Cl)nc3sc(C)cc23)c1. The predicted octanol–water partition coefficient (Wildman–Crippen LogP) is 4.96. The number of thiophene rings is 1. The van der Waals surface area contributed by atoms with Gasteiger partial charge in [0.2, 0.25) is 5.28 Å². The normalized spacial score (nSPS) is 10.8. The van der Waals surface area contributed by atoms with Gasteiger partial charge in [-0.15, -0.1) is 11.3 Å². The second-order valence-corrected chi connectivity index (χ2v) is 6.83. The molecule has 1 aromatic carbocycles. The van der Waals surface area contributed by atoms with E-state index in [1.165, 1.54) is 0 Å². The van der Waals surface area contributed by atoms with Gasteiger partial charge in [0.25, 0.3) is 0 Å². The van der Waals surface area contributed by atoms with Crippen LogP contribution >= 0.6 is 22.9 Å². The highest BCUT2D eigenvalue weighted by Gasteiger charge is 2.12. The quantitative estimate of drug-likeness (QED) is 0.513. The Morgan fingerprint density at radius 2 is 2.17 bits per heavy atom. The van der Waals surface area contributed by atoms with E-state index in [9.17, 15) is 4.79 Å². The molecular weight excluding hydrogens is 346 g/mol. The number of aryl methyl sites for hydroxylation is 1. The topological polar surface area (TPSA) is 64.1 Å². The molecule has 0 spiro atoms. The van der Waals surface area contributed by atoms with Crippen molar-refractivity contribution < 1.29 is 9.53 Å². The Morgan fingerprint density at radius 3 is 2.96 bits per heavy atom. The smallest absolute Gasteiger partial charge is 0.338 e. The van der Waals surface area contributed by atoms with E-state index in [4.69, 9.17) is 16.3 Å². The first-order valence-corrected chi connectivity index (χ1v) is 8.74. The molecule has 0 radical (unpaired) electrons. The van der Waals surface area contributed by atoms with Gasteiger partial charge in [0.1, 0.15) is 10.6 Å². The van der Waals surface area contributed by atoms with E-state index in [0.717, 1.165) is 27.2 Å². The number of carbonyl (C=O) groups is 1. The number of benzene rings is 1. The molecule has 124 valence electrons. The van der Waals surface area contributed by atoms with Crippen LogP contribution in [0.25, 0.3) is 10.2 Å². The molecule has 2 aromatic heterocycles. The fourth-order valence-corrected chi connectivity index (χ4v) is 3.35. The van der Waals surface area contributed by atoms with Crippen molar-refractivity contribution in [2.24, 2.45) is 0 Å². The summed E-state index contributed by atoms with van der Waals surface area (Å²) in [5, 5.41) is 4.30. The van der Waals surface area contributed by atoms with Gasteiger partial charge in [-0.05, 0) is 49.2 Å². The Kier molecular flexibility index (Phi) is 4.97. The molecule has 0 aliphatic rings. The van der Waals surface area contributed by atoms with Gasteiger partial charge in [0.15, 0.2) is 0 Å². The molecule has 24 heavy (non-hydrogen) atoms. The van der Waals surface area contributed by atoms with E-state index in [-0.39, 0.29) is 11.3 Å². The number of fused-ring (bicyclic) bond motifs is 1. The van der Waals surface area contributed by atoms with Crippen molar-refractivity contribution in [3.8, 4) is 0 Å². The number of hydrogen-bond acceptors (Lipinski definition) is 6. The van der Waals surface area contributed by atoms with Crippen LogP contribution in [0.5, 0.6) is 0 Å². The number of ether oxygens (including phenoxy) is 1. The first-order valence-electron chi connectivity index (χ1n) is 7.54. The summed E-state index contributed by atoms with van der Waals surface area (Å²) in [5.41, 5.74) is 1.23. The largest absolute Gasteiger partial charge is 0.462 e. The maximum absolute atomic E-state index is 12.0. The Morgan fingerprint density at radius 1 is 1.33 bits per heavy atom. The molecular formula is C17H16ClN3O2S. The molecule has 0 amide bonds. The lowest BCUT2D eigenvalue weighted by molar-refractivity contribution is 0.0505. The molecule has 3 rings (SSSR count). The molecule has 0 aliphatic heterocycles. The predicted molar refractivity (Wildman–Crippen MR) is 97.5 cm³/mol. The fraction of sp³-hybridized carbons (Fsp3) is 0.235. The van der Waals surface area contributed by atoms with Gasteiger partial charge in [-0.3, -0.25) is 0 Å². The maximum Gasteiger partial charge on any atom is 0.338 e. The van der Waals surface area contributed by atoms with Crippen LogP contribution in [0, 0.1) is 6.92 Å². The number of anilines is 2. The minimum atomic E-state index is -0.335. The lowest BCUT2D eigenvalue weighted by Gasteiger charge is -2.09. The van der Waals surface area contributed by atoms with Crippen LogP contribution in [0.3, 0.4) is 0 Å². The Hall–Kier alpha value is -2.18. The van der Waals surface area contributed by atoms with Crippen LogP contribution in [0.1, 0.15) is 28.6 Å². The third-order valence-corrected chi connectivity index (χ3v) is 4.40. The van der Waals surface area contributed by atoms with Crippen molar-refractivity contribution in [3.63, 3.8) is 0 Å². The minimum Gasteiger partial charge on any atom is -0.462 e. The first-order chi connectivity index (χ1) is 11.6. The zero-order valence-corrected chi connectivity index (χ0v) is 14.9. The molecule has 1 N–H and O–H groups in total. The molecule has 0 bridgehead atoms. The Balaban J connectivity index is 1.90.